The van der Waals surface area contributed by atoms with Crippen LogP contribution in [0.3, 0.4) is 0 Å². The number of nitrogens with zero attached hydrogens (tertiary/aromatic N) is 1. The van der Waals surface area contributed by atoms with E-state index in [0.29, 0.717) is 6.42 Å². The fourth-order valence-electron chi connectivity index (χ4n) is 10.1. The Morgan fingerprint density at radius 1 is 0.881 bits per heavy atom. The maximum Gasteiger partial charge on any atom is 0.307 e. The summed E-state index contributed by atoms with van der Waals surface area (Å²) in [4.78, 5) is 95.1. The SMILES string of the molecule is CC(C)(CC(=O)OCc1ccccc1)C(=O)NC[C@@H](CC(=O)C[C@H](C(=O)N1C[C@]2(C[C@H]1C(=O)CC(CC(F)F)C(=O)C(N)=O)C(C)(C)C21CCC1)C(C)(C)C)C(C)(C)C. The fourth-order valence-corrected chi connectivity index (χ4v) is 10.1. The summed E-state index contributed by atoms with van der Waals surface area (Å²) in [5.41, 5.74) is 3.08. The molecule has 1 unspecified atom stereocenters. The van der Waals surface area contributed by atoms with E-state index < -0.39 is 82.2 Å². The van der Waals surface area contributed by atoms with E-state index in [-0.39, 0.29) is 73.3 Å². The number of halogens is 2. The number of benzene rings is 1. The highest BCUT2D eigenvalue weighted by Gasteiger charge is 2.85. The van der Waals surface area contributed by atoms with Gasteiger partial charge in [0.1, 0.15) is 12.4 Å². The molecule has 0 bridgehead atoms. The first kappa shape index (κ1) is 47.6. The molecule has 3 aliphatic rings. The van der Waals surface area contributed by atoms with Crippen LogP contribution in [0.15, 0.2) is 30.3 Å². The molecule has 1 aromatic rings. The van der Waals surface area contributed by atoms with Gasteiger partial charge in [0.15, 0.2) is 5.78 Å². The number of amides is 3. The number of primary amides is 1. The van der Waals surface area contributed by atoms with E-state index in [1.165, 1.54) is 0 Å². The van der Waals surface area contributed by atoms with Crippen LogP contribution in [0.1, 0.15) is 133 Å². The maximum atomic E-state index is 14.9. The quantitative estimate of drug-likeness (QED) is 0.111. The number of alkyl halides is 2. The molecule has 0 aromatic heterocycles. The molecule has 5 atom stereocenters. The Kier molecular flexibility index (Phi) is 14.1. The third-order valence-electron chi connectivity index (χ3n) is 14.4. The van der Waals surface area contributed by atoms with E-state index in [0.717, 1.165) is 24.8 Å². The van der Waals surface area contributed by atoms with Crippen molar-refractivity contribution >= 4 is 41.0 Å². The van der Waals surface area contributed by atoms with Gasteiger partial charge in [-0.25, -0.2) is 8.78 Å². The summed E-state index contributed by atoms with van der Waals surface area (Å²) in [5, 5.41) is 2.96. The molecule has 2 aliphatic carbocycles. The van der Waals surface area contributed by atoms with Gasteiger partial charge in [-0.2, -0.15) is 0 Å². The third-order valence-corrected chi connectivity index (χ3v) is 14.4. The van der Waals surface area contributed by atoms with Gasteiger partial charge in [-0.05, 0) is 52.4 Å². The minimum atomic E-state index is -2.95. The summed E-state index contributed by atoms with van der Waals surface area (Å²) >= 11 is 0. The van der Waals surface area contributed by atoms with E-state index in [2.05, 4.69) is 19.2 Å². The molecule has 2 spiro atoms. The number of rotatable bonds is 19. The molecule has 1 heterocycles. The third kappa shape index (κ3) is 10.1. The van der Waals surface area contributed by atoms with Crippen molar-refractivity contribution in [1.82, 2.24) is 10.2 Å². The van der Waals surface area contributed by atoms with Crippen LogP contribution in [0.25, 0.3) is 0 Å². The molecule has 1 aliphatic heterocycles. The number of carbonyl (C=O) groups is 7. The number of esters is 1. The molecule has 3 amide bonds. The van der Waals surface area contributed by atoms with E-state index in [1.807, 2.05) is 71.9 Å². The summed E-state index contributed by atoms with van der Waals surface area (Å²) in [7, 11) is 0. The van der Waals surface area contributed by atoms with Crippen molar-refractivity contribution in [3.63, 3.8) is 0 Å². The predicted octanol–water partition coefficient (Wildman–Crippen LogP) is 7.02. The van der Waals surface area contributed by atoms with Crippen molar-refractivity contribution in [3.8, 4) is 0 Å². The first-order chi connectivity index (χ1) is 27.1. The van der Waals surface area contributed by atoms with Crippen LogP contribution in [0, 0.1) is 50.2 Å². The highest BCUT2D eigenvalue weighted by Crippen LogP contribution is 2.88. The molecule has 4 rings (SSSR count). The smallest absolute Gasteiger partial charge is 0.307 e. The van der Waals surface area contributed by atoms with Gasteiger partial charge in [0.25, 0.3) is 5.91 Å². The number of likely N-dealkylation sites (tertiary alicyclic amines) is 1. The van der Waals surface area contributed by atoms with Gasteiger partial charge in [-0.1, -0.05) is 106 Å². The van der Waals surface area contributed by atoms with Crippen LogP contribution in [0.2, 0.25) is 0 Å². The predicted molar refractivity (Wildman–Crippen MR) is 218 cm³/mol. The van der Waals surface area contributed by atoms with E-state index in [9.17, 15) is 42.3 Å². The summed E-state index contributed by atoms with van der Waals surface area (Å²) in [6, 6.07) is 8.22. The maximum absolute atomic E-state index is 14.9. The average Bonchev–Trinajstić information content (AvgIpc) is 3.31. The molecular formula is C46H67F2N3O8. The van der Waals surface area contributed by atoms with Crippen molar-refractivity contribution in [2.75, 3.05) is 13.1 Å². The van der Waals surface area contributed by atoms with Gasteiger partial charge in [-0.15, -0.1) is 0 Å². The Balaban J connectivity index is 1.50. The monoisotopic (exact) mass is 827 g/mol. The van der Waals surface area contributed by atoms with Crippen LogP contribution in [-0.2, 0) is 44.9 Å². The van der Waals surface area contributed by atoms with Crippen LogP contribution < -0.4 is 11.1 Å². The van der Waals surface area contributed by atoms with Crippen LogP contribution in [0.4, 0.5) is 8.78 Å². The number of hydrogen-bond acceptors (Lipinski definition) is 8. The first-order valence-electron chi connectivity index (χ1n) is 21.0. The minimum Gasteiger partial charge on any atom is -0.461 e. The lowest BCUT2D eigenvalue weighted by atomic mass is 9.73. The molecule has 59 heavy (non-hydrogen) atoms. The van der Waals surface area contributed by atoms with Crippen LogP contribution >= 0.6 is 0 Å². The zero-order chi connectivity index (χ0) is 44.5. The van der Waals surface area contributed by atoms with Crippen molar-refractivity contribution in [2.45, 2.75) is 146 Å². The second-order valence-corrected chi connectivity index (χ2v) is 20.9. The second kappa shape index (κ2) is 17.5. The first-order valence-corrected chi connectivity index (χ1v) is 21.0. The van der Waals surface area contributed by atoms with Crippen LogP contribution in [0.5, 0.6) is 0 Å². The van der Waals surface area contributed by atoms with Gasteiger partial charge in [-0.3, -0.25) is 33.6 Å². The summed E-state index contributed by atoms with van der Waals surface area (Å²) in [5.74, 6) is -7.43. The zero-order valence-electron chi connectivity index (χ0n) is 36.8. The number of nitrogens with two attached hydrogens (primary N) is 1. The van der Waals surface area contributed by atoms with Crippen molar-refractivity contribution in [1.29, 1.82) is 0 Å². The molecule has 2 saturated carbocycles. The Morgan fingerprint density at radius 2 is 1.49 bits per heavy atom. The van der Waals surface area contributed by atoms with Gasteiger partial charge in [0.05, 0.1) is 17.9 Å². The molecule has 1 saturated heterocycles. The van der Waals surface area contributed by atoms with Gasteiger partial charge in [0, 0.05) is 56.0 Å². The zero-order valence-corrected chi connectivity index (χ0v) is 36.8. The minimum absolute atomic E-state index is 0.0517. The number of ketones is 3. The Bertz CT molecular complexity index is 1780. The Morgan fingerprint density at radius 3 is 1.98 bits per heavy atom. The molecule has 1 aromatic carbocycles. The number of hydrogen-bond donors (Lipinski definition) is 2. The highest BCUT2D eigenvalue weighted by molar-refractivity contribution is 6.36. The number of Topliss-reactive ketones (excluding diaryl/α,β-unsaturated/α-hetero) is 3. The summed E-state index contributed by atoms with van der Waals surface area (Å²) in [6.45, 7) is 19.6. The van der Waals surface area contributed by atoms with Crippen LogP contribution in [-0.4, -0.2) is 71.5 Å². The van der Waals surface area contributed by atoms with Gasteiger partial charge >= 0.3 is 5.97 Å². The Labute approximate surface area is 348 Å². The van der Waals surface area contributed by atoms with Gasteiger partial charge in [0.2, 0.25) is 24.0 Å². The topological polar surface area (TPSA) is 170 Å². The average molecular weight is 828 g/mol. The lowest BCUT2D eigenvalue weighted by Gasteiger charge is -2.36. The number of carbonyl (C=O) groups excluding carboxylic acids is 7. The number of ether oxygens (including phenoxy) is 1. The van der Waals surface area contributed by atoms with Gasteiger partial charge < -0.3 is 20.7 Å². The normalized spacial score (nSPS) is 22.3. The molecule has 3 fully saturated rings. The molecular weight excluding hydrogens is 761 g/mol. The highest BCUT2D eigenvalue weighted by atomic mass is 19.3. The fraction of sp³-hybridized carbons (Fsp3) is 0.717. The molecule has 3 N–H and O–H groups in total. The molecule has 0 radical (unpaired) electrons. The lowest BCUT2D eigenvalue weighted by Crippen LogP contribution is -2.48. The van der Waals surface area contributed by atoms with Crippen molar-refractivity contribution < 1.29 is 47.1 Å². The molecule has 328 valence electrons. The molecule has 13 heteroatoms. The number of nitrogens with one attached hydrogen (secondary N) is 1. The molecule has 11 nitrogen and oxygen atoms in total. The van der Waals surface area contributed by atoms with E-state index in [1.54, 1.807) is 18.7 Å². The number of fused-ring (bicyclic) bond motifs is 1. The van der Waals surface area contributed by atoms with E-state index >= 15 is 0 Å². The summed E-state index contributed by atoms with van der Waals surface area (Å²) in [6.07, 6.45) is -1.60. The van der Waals surface area contributed by atoms with Crippen molar-refractivity contribution in [2.24, 2.45) is 56.0 Å². The Hall–Kier alpha value is -4.03. The van der Waals surface area contributed by atoms with Crippen molar-refractivity contribution in [3.05, 3.63) is 35.9 Å². The van der Waals surface area contributed by atoms with E-state index in [4.69, 9.17) is 10.5 Å². The second-order valence-electron chi connectivity index (χ2n) is 20.9. The standard InChI is InChI=1S/C46H67F2N3O8/c1-41(2,3)30(25-50-40(58)43(7,8)24-36(54)59-26-28-15-12-11-13-16-28)21-31(52)22-32(42(4,5)6)39(57)51-27-46(44(9,10)45(46)17-14-18-45)23-33(51)34(53)19-29(20-35(47)48)37(55)38(49)56/h11-13,15-16,29-30,32-33,35H,14,17-27H2,1-10H3,(H2,49,56)(H,50,58)/t29?,30-,32-,33+,46-/m1/s1. The lowest BCUT2D eigenvalue weighted by molar-refractivity contribution is -0.150. The summed E-state index contributed by atoms with van der Waals surface area (Å²) < 4.78 is 32.5. The largest absolute Gasteiger partial charge is 0.461 e.